The first-order chi connectivity index (χ1) is 10.2. The molecular weight excluding hydrogens is 276 g/mol. The third-order valence-corrected chi connectivity index (χ3v) is 2.81. The highest BCUT2D eigenvalue weighted by Crippen LogP contribution is 2.11. The van der Waals surface area contributed by atoms with Gasteiger partial charge in [0, 0.05) is 0 Å². The Labute approximate surface area is 122 Å². The number of carbonyl (C=O) groups is 2. The maximum atomic E-state index is 11.5. The van der Waals surface area contributed by atoms with Gasteiger partial charge in [0.2, 0.25) is 0 Å². The van der Waals surface area contributed by atoms with Gasteiger partial charge in [-0.05, 0) is 19.1 Å². The van der Waals surface area contributed by atoms with Gasteiger partial charge < -0.3 is 18.9 Å². The average Bonchev–Trinajstić information content (AvgIpc) is 3.38. The molecule has 0 saturated carbocycles. The highest BCUT2D eigenvalue weighted by Gasteiger charge is 2.24. The minimum atomic E-state index is -0.274. The fourth-order valence-corrected chi connectivity index (χ4v) is 1.50. The van der Waals surface area contributed by atoms with Gasteiger partial charge >= 0.3 is 5.97 Å². The van der Waals surface area contributed by atoms with E-state index in [1.165, 1.54) is 0 Å². The minimum absolute atomic E-state index is 0.128. The highest BCUT2D eigenvalue weighted by molar-refractivity contribution is 5.89. The zero-order chi connectivity index (χ0) is 15.1. The van der Waals surface area contributed by atoms with Crippen LogP contribution in [0.15, 0.2) is 24.3 Å². The molecule has 0 bridgehead atoms. The monoisotopic (exact) mass is 294 g/mol. The lowest BCUT2D eigenvalue weighted by atomic mass is 10.1. The predicted octanol–water partition coefficient (Wildman–Crippen LogP) is 1.11. The van der Waals surface area contributed by atoms with Crippen LogP contribution in [-0.4, -0.2) is 51.1 Å². The number of hydrogen-bond donors (Lipinski definition) is 0. The molecule has 114 valence electrons. The molecule has 0 amide bonds. The lowest BCUT2D eigenvalue weighted by Crippen LogP contribution is -2.09. The Morgan fingerprint density at radius 1 is 1.29 bits per heavy atom. The molecule has 6 heteroatoms. The number of rotatable bonds is 6. The first-order valence-corrected chi connectivity index (χ1v) is 6.71. The fourth-order valence-electron chi connectivity index (χ4n) is 1.50. The van der Waals surface area contributed by atoms with Crippen LogP contribution < -0.4 is 0 Å². The number of carbonyl (C=O) groups excluding carboxylic acids is 2. The smallest absolute Gasteiger partial charge is 0.338 e. The molecule has 6 nitrogen and oxygen atoms in total. The van der Waals surface area contributed by atoms with Crippen LogP contribution in [0.5, 0.6) is 0 Å². The second kappa shape index (κ2) is 7.75. The van der Waals surface area contributed by atoms with Gasteiger partial charge in [-0.3, -0.25) is 4.79 Å². The Balaban J connectivity index is 0.000000194. The molecule has 2 atom stereocenters. The van der Waals surface area contributed by atoms with E-state index in [4.69, 9.17) is 14.2 Å². The van der Waals surface area contributed by atoms with Crippen LogP contribution in [0, 0.1) is 6.92 Å². The molecule has 2 saturated heterocycles. The van der Waals surface area contributed by atoms with Crippen LogP contribution in [0.2, 0.25) is 0 Å². The van der Waals surface area contributed by atoms with Crippen molar-refractivity contribution in [2.45, 2.75) is 19.1 Å². The molecule has 0 aliphatic carbocycles. The van der Waals surface area contributed by atoms with E-state index in [1.807, 2.05) is 25.1 Å². The second-order valence-electron chi connectivity index (χ2n) is 4.81. The van der Waals surface area contributed by atoms with E-state index >= 15 is 0 Å². The van der Waals surface area contributed by atoms with Crippen molar-refractivity contribution in [1.29, 1.82) is 0 Å². The molecule has 0 N–H and O–H groups in total. The van der Waals surface area contributed by atoms with Gasteiger partial charge in [0.25, 0.3) is 6.47 Å². The molecule has 2 aliphatic heterocycles. The van der Waals surface area contributed by atoms with Crippen molar-refractivity contribution in [1.82, 2.24) is 0 Å². The fraction of sp³-hybridized carbons (Fsp3) is 0.467. The van der Waals surface area contributed by atoms with E-state index in [9.17, 15) is 9.59 Å². The van der Waals surface area contributed by atoms with E-state index in [-0.39, 0.29) is 18.2 Å². The molecule has 2 fully saturated rings. The maximum absolute atomic E-state index is 11.5. The van der Waals surface area contributed by atoms with E-state index < -0.39 is 0 Å². The van der Waals surface area contributed by atoms with Crippen LogP contribution >= 0.6 is 0 Å². The number of aryl methyl sites for hydroxylation is 1. The summed E-state index contributed by atoms with van der Waals surface area (Å²) >= 11 is 0. The third-order valence-electron chi connectivity index (χ3n) is 2.81. The summed E-state index contributed by atoms with van der Waals surface area (Å²) in [6, 6.07) is 7.36. The van der Waals surface area contributed by atoms with Gasteiger partial charge in [-0.1, -0.05) is 17.7 Å². The predicted molar refractivity (Wildman–Crippen MR) is 73.0 cm³/mol. The summed E-state index contributed by atoms with van der Waals surface area (Å²) in [7, 11) is 0. The van der Waals surface area contributed by atoms with Crippen LogP contribution in [0.25, 0.3) is 0 Å². The summed E-state index contributed by atoms with van der Waals surface area (Å²) < 4.78 is 19.1. The molecule has 3 rings (SSSR count). The first kappa shape index (κ1) is 15.5. The Morgan fingerprint density at radius 3 is 2.52 bits per heavy atom. The largest absolute Gasteiger partial charge is 0.465 e. The van der Waals surface area contributed by atoms with Crippen molar-refractivity contribution in [3.05, 3.63) is 35.4 Å². The first-order valence-electron chi connectivity index (χ1n) is 6.71. The normalized spacial score (nSPS) is 21.6. The summed E-state index contributed by atoms with van der Waals surface area (Å²) in [6.45, 7) is 4.62. The lowest BCUT2D eigenvalue weighted by molar-refractivity contribution is -0.129. The number of benzene rings is 1. The van der Waals surface area contributed by atoms with Crippen LogP contribution in [0.1, 0.15) is 15.9 Å². The van der Waals surface area contributed by atoms with Crippen LogP contribution in [-0.2, 0) is 23.7 Å². The number of ether oxygens (including phenoxy) is 4. The molecule has 0 aromatic heterocycles. The summed E-state index contributed by atoms with van der Waals surface area (Å²) in [5.74, 6) is -0.274. The molecule has 0 spiro atoms. The van der Waals surface area contributed by atoms with Crippen molar-refractivity contribution < 1.29 is 28.5 Å². The van der Waals surface area contributed by atoms with E-state index in [0.29, 0.717) is 31.9 Å². The third kappa shape index (κ3) is 6.37. The zero-order valence-corrected chi connectivity index (χ0v) is 11.8. The van der Waals surface area contributed by atoms with Crippen molar-refractivity contribution in [2.24, 2.45) is 0 Å². The van der Waals surface area contributed by atoms with E-state index in [0.717, 1.165) is 12.2 Å². The van der Waals surface area contributed by atoms with Gasteiger partial charge in [0.15, 0.2) is 0 Å². The van der Waals surface area contributed by atoms with Gasteiger partial charge in [0.1, 0.15) is 25.4 Å². The summed E-state index contributed by atoms with van der Waals surface area (Å²) in [5, 5.41) is 0. The Kier molecular flexibility index (Phi) is 5.71. The maximum Gasteiger partial charge on any atom is 0.338 e. The summed E-state index contributed by atoms with van der Waals surface area (Å²) in [4.78, 5) is 20.9. The Bertz CT molecular complexity index is 479. The van der Waals surface area contributed by atoms with Gasteiger partial charge in [-0.25, -0.2) is 4.79 Å². The summed E-state index contributed by atoms with van der Waals surface area (Å²) in [5.41, 5.74) is 1.66. The van der Waals surface area contributed by atoms with Crippen molar-refractivity contribution >= 4 is 12.4 Å². The number of hydrogen-bond acceptors (Lipinski definition) is 6. The number of esters is 1. The summed E-state index contributed by atoms with van der Waals surface area (Å²) in [6.07, 6.45) is 0.328. The molecule has 2 aliphatic rings. The molecule has 0 radical (unpaired) electrons. The molecule has 2 heterocycles. The topological polar surface area (TPSA) is 77.7 Å². The van der Waals surface area contributed by atoms with Gasteiger partial charge in [0.05, 0.1) is 18.8 Å². The Morgan fingerprint density at radius 2 is 1.95 bits per heavy atom. The molecular formula is C15H18O6. The SMILES string of the molecule is Cc1cccc(C(=O)OCC2CO2)c1.O=COCC1CO1. The van der Waals surface area contributed by atoms with Crippen molar-refractivity contribution in [3.8, 4) is 0 Å². The van der Waals surface area contributed by atoms with E-state index in [2.05, 4.69) is 4.74 Å². The second-order valence-corrected chi connectivity index (χ2v) is 4.81. The van der Waals surface area contributed by atoms with E-state index in [1.54, 1.807) is 6.07 Å². The quantitative estimate of drug-likeness (QED) is 0.444. The lowest BCUT2D eigenvalue weighted by Gasteiger charge is -2.02. The minimum Gasteiger partial charge on any atom is -0.465 e. The van der Waals surface area contributed by atoms with Crippen LogP contribution in [0.4, 0.5) is 0 Å². The Hall–Kier alpha value is -1.92. The van der Waals surface area contributed by atoms with Gasteiger partial charge in [-0.2, -0.15) is 0 Å². The molecule has 2 unspecified atom stereocenters. The van der Waals surface area contributed by atoms with Gasteiger partial charge in [-0.15, -0.1) is 0 Å². The van der Waals surface area contributed by atoms with Crippen molar-refractivity contribution in [2.75, 3.05) is 26.4 Å². The zero-order valence-electron chi connectivity index (χ0n) is 11.8. The van der Waals surface area contributed by atoms with Crippen molar-refractivity contribution in [3.63, 3.8) is 0 Å². The number of epoxide rings is 2. The highest BCUT2D eigenvalue weighted by atomic mass is 16.6. The van der Waals surface area contributed by atoms with Crippen LogP contribution in [0.3, 0.4) is 0 Å². The molecule has 1 aromatic rings. The molecule has 21 heavy (non-hydrogen) atoms. The standard InChI is InChI=1S/C11H12O3.C4H6O3/c1-8-3-2-4-9(5-8)11(12)14-7-10-6-13-10;5-3-6-1-4-2-7-4/h2-5,10H,6-7H2,1H3;3-4H,1-2H2. The molecule has 1 aromatic carbocycles. The average molecular weight is 294 g/mol.